The second kappa shape index (κ2) is 5.71. The molecular weight excluding hydrogens is 260 g/mol. The van der Waals surface area contributed by atoms with Crippen molar-refractivity contribution in [3.05, 3.63) is 23.8 Å². The lowest BCUT2D eigenvalue weighted by Gasteiger charge is -2.28. The van der Waals surface area contributed by atoms with Gasteiger partial charge >= 0.3 is 5.97 Å². The van der Waals surface area contributed by atoms with E-state index < -0.39 is 11.4 Å². The largest absolute Gasteiger partial charge is 0.493 e. The lowest BCUT2D eigenvalue weighted by atomic mass is 9.81. The van der Waals surface area contributed by atoms with E-state index in [1.54, 1.807) is 7.11 Å². The van der Waals surface area contributed by atoms with Crippen LogP contribution < -0.4 is 9.47 Å². The maximum absolute atomic E-state index is 10.9. The van der Waals surface area contributed by atoms with Crippen LogP contribution in [-0.4, -0.2) is 37.5 Å². The van der Waals surface area contributed by atoms with E-state index in [-0.39, 0.29) is 12.5 Å². The first-order chi connectivity index (χ1) is 9.42. The standard InChI is InChI=1S/C15H20O5/c1-15(2,7-14(16)17)10-4-5-12(13(6-10)18-3)20-11-8-19-9-11/h4-6,11H,7-9H2,1-3H3,(H,16,17). The monoisotopic (exact) mass is 280 g/mol. The maximum Gasteiger partial charge on any atom is 0.304 e. The molecule has 0 bridgehead atoms. The molecule has 1 N–H and O–H groups in total. The zero-order chi connectivity index (χ0) is 14.8. The summed E-state index contributed by atoms with van der Waals surface area (Å²) in [6.45, 7) is 4.98. The van der Waals surface area contributed by atoms with Crippen molar-refractivity contribution in [2.24, 2.45) is 0 Å². The van der Waals surface area contributed by atoms with Gasteiger partial charge < -0.3 is 19.3 Å². The summed E-state index contributed by atoms with van der Waals surface area (Å²) >= 11 is 0. The zero-order valence-electron chi connectivity index (χ0n) is 12.0. The fourth-order valence-electron chi connectivity index (χ4n) is 2.13. The highest BCUT2D eigenvalue weighted by Crippen LogP contribution is 2.35. The van der Waals surface area contributed by atoms with Crippen LogP contribution in [0.15, 0.2) is 18.2 Å². The molecule has 0 saturated carbocycles. The summed E-state index contributed by atoms with van der Waals surface area (Å²) in [4.78, 5) is 10.9. The van der Waals surface area contributed by atoms with E-state index in [0.717, 1.165) is 5.56 Å². The van der Waals surface area contributed by atoms with Crippen LogP contribution in [-0.2, 0) is 14.9 Å². The highest BCUT2D eigenvalue weighted by atomic mass is 16.6. The van der Waals surface area contributed by atoms with Crippen molar-refractivity contribution in [3.63, 3.8) is 0 Å². The molecule has 1 heterocycles. The van der Waals surface area contributed by atoms with Gasteiger partial charge in [0.05, 0.1) is 26.7 Å². The summed E-state index contributed by atoms with van der Waals surface area (Å²) in [5.41, 5.74) is 0.450. The lowest BCUT2D eigenvalue weighted by molar-refractivity contribution is -0.138. The van der Waals surface area contributed by atoms with E-state index in [9.17, 15) is 4.79 Å². The number of ether oxygens (including phenoxy) is 3. The average molecular weight is 280 g/mol. The summed E-state index contributed by atoms with van der Waals surface area (Å²) in [7, 11) is 1.58. The Morgan fingerprint density at radius 2 is 2.10 bits per heavy atom. The highest BCUT2D eigenvalue weighted by molar-refractivity contribution is 5.69. The van der Waals surface area contributed by atoms with E-state index in [1.807, 2.05) is 32.0 Å². The van der Waals surface area contributed by atoms with Gasteiger partial charge in [-0.1, -0.05) is 19.9 Å². The Labute approximate surface area is 118 Å². The van der Waals surface area contributed by atoms with Gasteiger partial charge in [-0.05, 0) is 17.7 Å². The number of carbonyl (C=O) groups is 1. The summed E-state index contributed by atoms with van der Waals surface area (Å²) < 4.78 is 16.2. The van der Waals surface area contributed by atoms with Crippen molar-refractivity contribution >= 4 is 5.97 Å². The quantitative estimate of drug-likeness (QED) is 0.865. The number of rotatable bonds is 6. The molecule has 0 spiro atoms. The van der Waals surface area contributed by atoms with E-state index in [1.165, 1.54) is 0 Å². The van der Waals surface area contributed by atoms with Crippen molar-refractivity contribution in [1.29, 1.82) is 0 Å². The van der Waals surface area contributed by atoms with E-state index >= 15 is 0 Å². The van der Waals surface area contributed by atoms with Gasteiger partial charge in [0.15, 0.2) is 11.5 Å². The number of benzene rings is 1. The molecule has 0 atom stereocenters. The number of carboxylic acid groups (broad SMARTS) is 1. The van der Waals surface area contributed by atoms with E-state index in [4.69, 9.17) is 19.3 Å². The molecule has 1 aliphatic rings. The van der Waals surface area contributed by atoms with Crippen LogP contribution in [0.3, 0.4) is 0 Å². The predicted molar refractivity (Wildman–Crippen MR) is 73.5 cm³/mol. The van der Waals surface area contributed by atoms with Crippen molar-refractivity contribution in [3.8, 4) is 11.5 Å². The Bertz CT molecular complexity index is 491. The molecule has 0 aliphatic carbocycles. The molecule has 1 saturated heterocycles. The normalized spacial score (nSPS) is 15.6. The van der Waals surface area contributed by atoms with Crippen LogP contribution in [0.5, 0.6) is 11.5 Å². The first-order valence-electron chi connectivity index (χ1n) is 6.57. The van der Waals surface area contributed by atoms with Crippen LogP contribution in [0.1, 0.15) is 25.8 Å². The Hall–Kier alpha value is -1.75. The van der Waals surface area contributed by atoms with Crippen LogP contribution in [0.25, 0.3) is 0 Å². The minimum Gasteiger partial charge on any atom is -0.493 e. The second-order valence-corrected chi connectivity index (χ2v) is 5.60. The van der Waals surface area contributed by atoms with Gasteiger partial charge in [-0.2, -0.15) is 0 Å². The Balaban J connectivity index is 2.21. The minimum absolute atomic E-state index is 0.0623. The van der Waals surface area contributed by atoms with E-state index in [0.29, 0.717) is 24.7 Å². The number of hydrogen-bond donors (Lipinski definition) is 1. The van der Waals surface area contributed by atoms with Crippen LogP contribution in [0.2, 0.25) is 0 Å². The summed E-state index contributed by atoms with van der Waals surface area (Å²) in [5.74, 6) is 0.462. The molecular formula is C15H20O5. The molecule has 1 aromatic rings. The molecule has 1 fully saturated rings. The van der Waals surface area contributed by atoms with Crippen molar-refractivity contribution in [2.75, 3.05) is 20.3 Å². The van der Waals surface area contributed by atoms with Crippen molar-refractivity contribution in [1.82, 2.24) is 0 Å². The predicted octanol–water partition coefficient (Wildman–Crippen LogP) is 2.23. The fraction of sp³-hybridized carbons (Fsp3) is 0.533. The van der Waals surface area contributed by atoms with Crippen LogP contribution in [0.4, 0.5) is 0 Å². The first-order valence-corrected chi connectivity index (χ1v) is 6.57. The van der Waals surface area contributed by atoms with E-state index in [2.05, 4.69) is 0 Å². The molecule has 0 aromatic heterocycles. The van der Waals surface area contributed by atoms with Gasteiger partial charge in [-0.25, -0.2) is 0 Å². The molecule has 110 valence electrons. The molecule has 2 rings (SSSR count). The maximum atomic E-state index is 10.9. The molecule has 20 heavy (non-hydrogen) atoms. The van der Waals surface area contributed by atoms with Gasteiger partial charge in [0.1, 0.15) is 6.10 Å². The molecule has 0 unspecified atom stereocenters. The first kappa shape index (κ1) is 14.7. The minimum atomic E-state index is -0.819. The van der Waals surface area contributed by atoms with Gasteiger partial charge in [-0.15, -0.1) is 0 Å². The third kappa shape index (κ3) is 3.22. The molecule has 1 aromatic carbocycles. The molecule has 0 amide bonds. The number of methoxy groups -OCH3 is 1. The van der Waals surface area contributed by atoms with Gasteiger partial charge in [-0.3, -0.25) is 4.79 Å². The third-order valence-electron chi connectivity index (χ3n) is 3.44. The van der Waals surface area contributed by atoms with Gasteiger partial charge in [0.2, 0.25) is 0 Å². The fourth-order valence-corrected chi connectivity index (χ4v) is 2.13. The van der Waals surface area contributed by atoms with Crippen molar-refractivity contribution in [2.45, 2.75) is 31.8 Å². The molecule has 5 heteroatoms. The number of carboxylic acids is 1. The van der Waals surface area contributed by atoms with Crippen molar-refractivity contribution < 1.29 is 24.1 Å². The zero-order valence-corrected chi connectivity index (χ0v) is 12.0. The summed E-state index contributed by atoms with van der Waals surface area (Å²) in [6, 6.07) is 5.56. The number of aliphatic carboxylic acids is 1. The molecule has 0 radical (unpaired) electrons. The lowest BCUT2D eigenvalue weighted by Crippen LogP contribution is -2.38. The topological polar surface area (TPSA) is 65.0 Å². The van der Waals surface area contributed by atoms with Crippen LogP contribution >= 0.6 is 0 Å². The Kier molecular flexibility index (Phi) is 4.18. The number of hydrogen-bond acceptors (Lipinski definition) is 4. The third-order valence-corrected chi connectivity index (χ3v) is 3.44. The van der Waals surface area contributed by atoms with Crippen LogP contribution in [0, 0.1) is 0 Å². The summed E-state index contributed by atoms with van der Waals surface area (Å²) in [5, 5.41) is 8.98. The molecule has 1 aliphatic heterocycles. The highest BCUT2D eigenvalue weighted by Gasteiger charge is 2.26. The summed E-state index contributed by atoms with van der Waals surface area (Å²) in [6.07, 6.45) is 0.133. The second-order valence-electron chi connectivity index (χ2n) is 5.60. The Morgan fingerprint density at radius 3 is 2.60 bits per heavy atom. The van der Waals surface area contributed by atoms with Gasteiger partial charge in [0.25, 0.3) is 0 Å². The van der Waals surface area contributed by atoms with Gasteiger partial charge in [0, 0.05) is 5.41 Å². The smallest absolute Gasteiger partial charge is 0.304 e. The Morgan fingerprint density at radius 1 is 1.40 bits per heavy atom. The average Bonchev–Trinajstić information content (AvgIpc) is 2.32. The SMILES string of the molecule is COc1cc(C(C)(C)CC(=O)O)ccc1OC1COC1. The molecule has 5 nitrogen and oxygen atoms in total.